The Hall–Kier alpha value is -2.89. The van der Waals surface area contributed by atoms with E-state index >= 15 is 0 Å². The zero-order chi connectivity index (χ0) is 18.7. The molecule has 5 nitrogen and oxygen atoms in total. The minimum atomic E-state index is -1.16. The summed E-state index contributed by atoms with van der Waals surface area (Å²) in [5, 5.41) is 12.1. The second-order valence-electron chi connectivity index (χ2n) is 6.44. The van der Waals surface area contributed by atoms with Gasteiger partial charge in [-0.3, -0.25) is 4.79 Å². The molecule has 1 heterocycles. The Kier molecular flexibility index (Phi) is 5.21. The highest BCUT2D eigenvalue weighted by molar-refractivity contribution is 5.86. The molecule has 2 aromatic carbocycles. The van der Waals surface area contributed by atoms with Gasteiger partial charge in [-0.1, -0.05) is 31.2 Å². The van der Waals surface area contributed by atoms with Crippen molar-refractivity contribution >= 4 is 11.9 Å². The van der Waals surface area contributed by atoms with Crippen molar-refractivity contribution in [1.29, 1.82) is 0 Å². The van der Waals surface area contributed by atoms with E-state index in [4.69, 9.17) is 4.74 Å². The van der Waals surface area contributed by atoms with Crippen LogP contribution in [-0.2, 0) is 22.4 Å². The number of nitrogens with one attached hydrogen (secondary N) is 1. The summed E-state index contributed by atoms with van der Waals surface area (Å²) in [5.41, 5.74) is 1.85. The summed E-state index contributed by atoms with van der Waals surface area (Å²) in [6.45, 7) is 2.22. The van der Waals surface area contributed by atoms with Crippen molar-refractivity contribution in [2.45, 2.75) is 25.8 Å². The van der Waals surface area contributed by atoms with E-state index in [2.05, 4.69) is 5.32 Å². The van der Waals surface area contributed by atoms with Crippen molar-refractivity contribution in [3.63, 3.8) is 0 Å². The molecule has 2 N–H and O–H groups in total. The molecule has 0 bridgehead atoms. The van der Waals surface area contributed by atoms with E-state index in [0.29, 0.717) is 24.2 Å². The summed E-state index contributed by atoms with van der Waals surface area (Å²) in [6.07, 6.45) is 0.913. The van der Waals surface area contributed by atoms with Crippen LogP contribution in [-0.4, -0.2) is 23.6 Å². The molecular formula is C20H20FNO4. The van der Waals surface area contributed by atoms with Gasteiger partial charge in [0.1, 0.15) is 11.6 Å². The van der Waals surface area contributed by atoms with Crippen LogP contribution < -0.4 is 10.1 Å². The van der Waals surface area contributed by atoms with Crippen molar-refractivity contribution in [3.05, 3.63) is 65.0 Å². The molecule has 1 aliphatic rings. The van der Waals surface area contributed by atoms with E-state index in [1.807, 2.05) is 0 Å². The largest absolute Gasteiger partial charge is 0.493 e. The number of benzene rings is 2. The maximum absolute atomic E-state index is 13.8. The Morgan fingerprint density at radius 2 is 2.04 bits per heavy atom. The number of rotatable bonds is 6. The van der Waals surface area contributed by atoms with Gasteiger partial charge in [0.05, 0.1) is 6.61 Å². The maximum atomic E-state index is 13.8. The summed E-state index contributed by atoms with van der Waals surface area (Å²) in [6, 6.07) is 10.2. The molecule has 6 heteroatoms. The topological polar surface area (TPSA) is 75.6 Å². The molecular weight excluding hydrogens is 337 g/mol. The van der Waals surface area contributed by atoms with Gasteiger partial charge in [-0.25, -0.2) is 9.18 Å². The predicted octanol–water partition coefficient (Wildman–Crippen LogP) is 2.88. The number of hydrogen-bond donors (Lipinski definition) is 2. The molecule has 0 saturated carbocycles. The van der Waals surface area contributed by atoms with Crippen molar-refractivity contribution in [2.75, 3.05) is 6.61 Å². The molecule has 136 valence electrons. The first-order valence-electron chi connectivity index (χ1n) is 8.48. The third-order valence-electron chi connectivity index (χ3n) is 4.51. The first-order valence-corrected chi connectivity index (χ1v) is 8.48. The van der Waals surface area contributed by atoms with Gasteiger partial charge in [-0.15, -0.1) is 0 Å². The monoisotopic (exact) mass is 357 g/mol. The van der Waals surface area contributed by atoms with Crippen LogP contribution in [0.3, 0.4) is 0 Å². The number of carbonyl (C=O) groups is 2. The van der Waals surface area contributed by atoms with Crippen molar-refractivity contribution < 1.29 is 23.8 Å². The number of ether oxygens (including phenoxy) is 1. The molecule has 0 saturated heterocycles. The van der Waals surface area contributed by atoms with Crippen molar-refractivity contribution in [3.8, 4) is 5.75 Å². The summed E-state index contributed by atoms with van der Waals surface area (Å²) < 4.78 is 19.2. The number of carbonyl (C=O) groups excluding carboxylic acids is 1. The number of fused-ring (bicyclic) bond motifs is 1. The second-order valence-corrected chi connectivity index (χ2v) is 6.44. The average Bonchev–Trinajstić information content (AvgIpc) is 3.08. The fourth-order valence-electron chi connectivity index (χ4n) is 3.04. The van der Waals surface area contributed by atoms with Crippen LogP contribution in [0.25, 0.3) is 0 Å². The number of amides is 1. The first kappa shape index (κ1) is 17.9. The SMILES string of the molecule is CC(Cc1ccccc1F)C(=O)NC(C(=O)O)c1ccc2c(c1)CCO2. The lowest BCUT2D eigenvalue weighted by atomic mass is 9.98. The molecule has 0 radical (unpaired) electrons. The number of hydrogen-bond acceptors (Lipinski definition) is 3. The summed E-state index contributed by atoms with van der Waals surface area (Å²) in [5.74, 6) is -1.77. The van der Waals surface area contributed by atoms with Gasteiger partial charge >= 0.3 is 5.97 Å². The third kappa shape index (κ3) is 3.85. The molecule has 26 heavy (non-hydrogen) atoms. The summed E-state index contributed by atoms with van der Waals surface area (Å²) >= 11 is 0. The van der Waals surface area contributed by atoms with E-state index in [0.717, 1.165) is 11.3 Å². The standard InChI is InChI=1S/C20H20FNO4/c1-12(10-13-4-2-3-5-16(13)21)19(23)22-18(20(24)25)15-6-7-17-14(11-15)8-9-26-17/h2-7,11-12,18H,8-10H2,1H3,(H,22,23)(H,24,25). The van der Waals surface area contributed by atoms with Crippen LogP contribution in [0.1, 0.15) is 29.7 Å². The molecule has 0 aliphatic carbocycles. The number of carboxylic acid groups (broad SMARTS) is 1. The summed E-state index contributed by atoms with van der Waals surface area (Å²) in [4.78, 5) is 24.1. The molecule has 0 aromatic heterocycles. The van der Waals surface area contributed by atoms with E-state index in [1.54, 1.807) is 43.3 Å². The fourth-order valence-corrected chi connectivity index (χ4v) is 3.04. The smallest absolute Gasteiger partial charge is 0.330 e. The van der Waals surface area contributed by atoms with Gasteiger partial charge in [-0.2, -0.15) is 0 Å². The molecule has 0 fully saturated rings. The van der Waals surface area contributed by atoms with Gasteiger partial charge in [0.2, 0.25) is 5.91 Å². The maximum Gasteiger partial charge on any atom is 0.330 e. The van der Waals surface area contributed by atoms with Crippen molar-refractivity contribution in [2.24, 2.45) is 5.92 Å². The molecule has 2 aromatic rings. The minimum Gasteiger partial charge on any atom is -0.493 e. The van der Waals surface area contributed by atoms with E-state index in [9.17, 15) is 19.1 Å². The Morgan fingerprint density at radius 1 is 1.27 bits per heavy atom. The first-order chi connectivity index (χ1) is 12.5. The van der Waals surface area contributed by atoms with Crippen LogP contribution in [0.4, 0.5) is 4.39 Å². The Bertz CT molecular complexity index is 836. The zero-order valence-electron chi connectivity index (χ0n) is 14.4. The minimum absolute atomic E-state index is 0.197. The van der Waals surface area contributed by atoms with Gasteiger partial charge in [0.15, 0.2) is 6.04 Å². The second kappa shape index (κ2) is 7.56. The van der Waals surface area contributed by atoms with E-state index in [-0.39, 0.29) is 12.2 Å². The van der Waals surface area contributed by atoms with Gasteiger partial charge in [0, 0.05) is 12.3 Å². The number of aliphatic carboxylic acids is 1. The van der Waals surface area contributed by atoms with Gasteiger partial charge in [-0.05, 0) is 41.3 Å². The van der Waals surface area contributed by atoms with Crippen LogP contribution in [0, 0.1) is 11.7 Å². The van der Waals surface area contributed by atoms with Crippen molar-refractivity contribution in [1.82, 2.24) is 5.32 Å². The Morgan fingerprint density at radius 3 is 2.77 bits per heavy atom. The quantitative estimate of drug-likeness (QED) is 0.834. The molecule has 3 rings (SSSR count). The van der Waals surface area contributed by atoms with Crippen LogP contribution >= 0.6 is 0 Å². The molecule has 0 spiro atoms. The van der Waals surface area contributed by atoms with Crippen LogP contribution in [0.15, 0.2) is 42.5 Å². The average molecular weight is 357 g/mol. The highest BCUT2D eigenvalue weighted by Crippen LogP contribution is 2.28. The van der Waals surface area contributed by atoms with Crippen LogP contribution in [0.5, 0.6) is 5.75 Å². The lowest BCUT2D eigenvalue weighted by molar-refractivity contribution is -0.142. The van der Waals surface area contributed by atoms with E-state index < -0.39 is 23.8 Å². The third-order valence-corrected chi connectivity index (χ3v) is 4.51. The molecule has 2 unspecified atom stereocenters. The van der Waals surface area contributed by atoms with E-state index in [1.165, 1.54) is 6.07 Å². The van der Waals surface area contributed by atoms with Gasteiger partial charge in [0.25, 0.3) is 0 Å². The van der Waals surface area contributed by atoms with Crippen LogP contribution in [0.2, 0.25) is 0 Å². The highest BCUT2D eigenvalue weighted by atomic mass is 19.1. The molecule has 1 aliphatic heterocycles. The predicted molar refractivity (Wildman–Crippen MR) is 93.4 cm³/mol. The number of halogens is 1. The lowest BCUT2D eigenvalue weighted by Gasteiger charge is -2.19. The fraction of sp³-hybridized carbons (Fsp3) is 0.300. The normalized spacial score (nSPS) is 14.8. The Labute approximate surface area is 150 Å². The molecule has 2 atom stereocenters. The molecule has 1 amide bonds. The Balaban J connectivity index is 1.72. The lowest BCUT2D eigenvalue weighted by Crippen LogP contribution is -2.37. The number of carboxylic acids is 1. The van der Waals surface area contributed by atoms with Gasteiger partial charge < -0.3 is 15.2 Å². The zero-order valence-corrected chi connectivity index (χ0v) is 14.4. The highest BCUT2D eigenvalue weighted by Gasteiger charge is 2.26. The summed E-state index contributed by atoms with van der Waals surface area (Å²) in [7, 11) is 0.